The minimum atomic E-state index is -0.835. The van der Waals surface area contributed by atoms with Gasteiger partial charge in [0.1, 0.15) is 17.5 Å². The average molecular weight is 699 g/mol. The Morgan fingerprint density at radius 1 is 1.18 bits per heavy atom. The molecular formula is C28H27Br2ClN2O5S. The van der Waals surface area contributed by atoms with Crippen molar-refractivity contribution in [3.8, 4) is 11.5 Å². The molecule has 0 aliphatic carbocycles. The number of hydrogen-bond donors (Lipinski definition) is 0. The van der Waals surface area contributed by atoms with E-state index in [1.54, 1.807) is 31.2 Å². The molecule has 2 heterocycles. The minimum absolute atomic E-state index is 0.184. The summed E-state index contributed by atoms with van der Waals surface area (Å²) in [6.07, 6.45) is 3.06. The summed E-state index contributed by atoms with van der Waals surface area (Å²) in [4.78, 5) is 32.8. The van der Waals surface area contributed by atoms with Crippen LogP contribution in [0.25, 0.3) is 6.08 Å². The molecule has 1 aliphatic heterocycles. The number of nitrogens with zero attached hydrogens (tertiary/aromatic N) is 2. The van der Waals surface area contributed by atoms with Gasteiger partial charge in [-0.3, -0.25) is 9.36 Å². The van der Waals surface area contributed by atoms with Crippen molar-refractivity contribution in [2.75, 3.05) is 20.3 Å². The van der Waals surface area contributed by atoms with E-state index in [2.05, 4.69) is 31.9 Å². The van der Waals surface area contributed by atoms with Crippen LogP contribution < -0.4 is 24.4 Å². The second-order valence-corrected chi connectivity index (χ2v) is 11.8. The number of allylic oxidation sites excluding steroid dienone is 1. The van der Waals surface area contributed by atoms with Crippen molar-refractivity contribution in [3.05, 3.63) is 86.4 Å². The number of methoxy groups -OCH3 is 1. The number of rotatable bonds is 9. The van der Waals surface area contributed by atoms with Crippen LogP contribution in [-0.4, -0.2) is 30.9 Å². The molecule has 7 nitrogen and oxygen atoms in total. The molecule has 0 fully saturated rings. The van der Waals surface area contributed by atoms with E-state index in [-0.39, 0.29) is 12.2 Å². The molecule has 39 heavy (non-hydrogen) atoms. The Morgan fingerprint density at radius 3 is 2.62 bits per heavy atom. The Kier molecular flexibility index (Phi) is 9.74. The molecule has 11 heteroatoms. The number of benzene rings is 2. The van der Waals surface area contributed by atoms with Crippen LogP contribution in [0, 0.1) is 0 Å². The van der Waals surface area contributed by atoms with Crippen LogP contribution in [0.2, 0.25) is 5.02 Å². The maximum absolute atomic E-state index is 14.1. The molecule has 2 aromatic carbocycles. The molecule has 1 aromatic heterocycles. The summed E-state index contributed by atoms with van der Waals surface area (Å²) < 4.78 is 20.5. The predicted molar refractivity (Wildman–Crippen MR) is 161 cm³/mol. The third-order valence-electron chi connectivity index (χ3n) is 5.99. The summed E-state index contributed by atoms with van der Waals surface area (Å²) >= 11 is 14.7. The summed E-state index contributed by atoms with van der Waals surface area (Å²) in [5.41, 5.74) is 1.87. The first-order valence-corrected chi connectivity index (χ1v) is 15.2. The predicted octanol–water partition coefficient (Wildman–Crippen LogP) is 6.16. The smallest absolute Gasteiger partial charge is 0.338 e. The number of halogens is 3. The van der Waals surface area contributed by atoms with E-state index in [9.17, 15) is 9.59 Å². The molecule has 0 unspecified atom stereocenters. The SMILES string of the molecule is CCCC1=C(C(=O)OCC)[C@@H](c2cc(Cl)ccc2OC)n2c(s/c(=C/c3cc(Br)cc(Br)c3OCC)c2=O)=N1. The van der Waals surface area contributed by atoms with Gasteiger partial charge in [-0.25, -0.2) is 9.79 Å². The van der Waals surface area contributed by atoms with E-state index >= 15 is 0 Å². The molecule has 1 aliphatic rings. The first-order chi connectivity index (χ1) is 18.7. The Hall–Kier alpha value is -2.40. The second kappa shape index (κ2) is 12.8. The third kappa shape index (κ3) is 6.04. The van der Waals surface area contributed by atoms with Gasteiger partial charge >= 0.3 is 5.97 Å². The average Bonchev–Trinajstić information content (AvgIpc) is 3.20. The van der Waals surface area contributed by atoms with Crippen LogP contribution >= 0.6 is 54.8 Å². The molecular weight excluding hydrogens is 672 g/mol. The van der Waals surface area contributed by atoms with Crippen molar-refractivity contribution in [3.63, 3.8) is 0 Å². The molecule has 0 saturated carbocycles. The first-order valence-electron chi connectivity index (χ1n) is 12.4. The lowest BCUT2D eigenvalue weighted by Crippen LogP contribution is -2.40. The molecule has 0 saturated heterocycles. The molecule has 0 N–H and O–H groups in total. The lowest BCUT2D eigenvalue weighted by atomic mass is 9.93. The van der Waals surface area contributed by atoms with Gasteiger partial charge in [-0.2, -0.15) is 0 Å². The quantitative estimate of drug-likeness (QED) is 0.250. The molecule has 3 aromatic rings. The summed E-state index contributed by atoms with van der Waals surface area (Å²) in [6.45, 7) is 6.30. The fourth-order valence-corrected chi connectivity index (χ4v) is 7.02. The van der Waals surface area contributed by atoms with E-state index in [0.29, 0.717) is 55.7 Å². The molecule has 0 amide bonds. The zero-order valence-corrected chi connectivity index (χ0v) is 26.6. The van der Waals surface area contributed by atoms with Crippen LogP contribution in [0.3, 0.4) is 0 Å². The monoisotopic (exact) mass is 696 g/mol. The van der Waals surface area contributed by atoms with Crippen molar-refractivity contribution in [2.45, 2.75) is 39.7 Å². The molecule has 0 radical (unpaired) electrons. The maximum atomic E-state index is 14.1. The largest absolute Gasteiger partial charge is 0.496 e. The first kappa shape index (κ1) is 29.6. The highest BCUT2D eigenvalue weighted by molar-refractivity contribution is 9.11. The van der Waals surface area contributed by atoms with E-state index in [0.717, 1.165) is 20.9 Å². The number of esters is 1. The van der Waals surface area contributed by atoms with Crippen LogP contribution in [0.5, 0.6) is 11.5 Å². The van der Waals surface area contributed by atoms with Gasteiger partial charge in [0.15, 0.2) is 4.80 Å². The minimum Gasteiger partial charge on any atom is -0.496 e. The van der Waals surface area contributed by atoms with Gasteiger partial charge in [0.2, 0.25) is 0 Å². The zero-order chi connectivity index (χ0) is 28.3. The topological polar surface area (TPSA) is 79.1 Å². The number of aromatic nitrogens is 1. The second-order valence-electron chi connectivity index (χ2n) is 8.54. The van der Waals surface area contributed by atoms with Crippen molar-refractivity contribution in [1.82, 2.24) is 4.57 Å². The standard InChI is InChI=1S/C28H27Br2ClN2O5S/c1-5-8-20-23(27(35)38-7-3)24(18-14-17(31)9-10-21(18)36-4)33-26(34)22(39-28(33)32-20)12-15-11-16(29)13-19(30)25(15)37-6-2/h9-14,24H,5-8H2,1-4H3/b22-12+/t24-/m1/s1. The third-order valence-corrected chi connectivity index (χ3v) is 8.26. The lowest BCUT2D eigenvalue weighted by molar-refractivity contribution is -0.139. The summed E-state index contributed by atoms with van der Waals surface area (Å²) in [5.74, 6) is 0.590. The Morgan fingerprint density at radius 2 is 1.95 bits per heavy atom. The number of ether oxygens (including phenoxy) is 3. The van der Waals surface area contributed by atoms with E-state index in [4.69, 9.17) is 30.8 Å². The van der Waals surface area contributed by atoms with Crippen LogP contribution in [0.4, 0.5) is 0 Å². The zero-order valence-electron chi connectivity index (χ0n) is 21.8. The fraction of sp³-hybridized carbons (Fsp3) is 0.321. The fourth-order valence-electron chi connectivity index (χ4n) is 4.46. The van der Waals surface area contributed by atoms with Crippen molar-refractivity contribution in [1.29, 1.82) is 0 Å². The number of fused-ring (bicyclic) bond motifs is 1. The van der Waals surface area contributed by atoms with Crippen molar-refractivity contribution >= 4 is 66.8 Å². The van der Waals surface area contributed by atoms with Gasteiger partial charge in [-0.1, -0.05) is 52.2 Å². The number of thiazole rings is 1. The van der Waals surface area contributed by atoms with E-state index < -0.39 is 12.0 Å². The lowest BCUT2D eigenvalue weighted by Gasteiger charge is -2.27. The number of carbonyl (C=O) groups is 1. The van der Waals surface area contributed by atoms with Gasteiger partial charge in [-0.15, -0.1) is 0 Å². The molecule has 0 bridgehead atoms. The van der Waals surface area contributed by atoms with Gasteiger partial charge in [0.05, 0.1) is 40.6 Å². The highest BCUT2D eigenvalue weighted by atomic mass is 79.9. The Balaban J connectivity index is 2.07. The summed E-state index contributed by atoms with van der Waals surface area (Å²) in [6, 6.07) is 8.08. The normalized spacial score (nSPS) is 15.2. The highest BCUT2D eigenvalue weighted by Crippen LogP contribution is 2.38. The highest BCUT2D eigenvalue weighted by Gasteiger charge is 2.36. The van der Waals surface area contributed by atoms with E-state index in [1.165, 1.54) is 23.0 Å². The van der Waals surface area contributed by atoms with Crippen LogP contribution in [0.15, 0.2) is 60.3 Å². The Bertz CT molecular complexity index is 1630. The van der Waals surface area contributed by atoms with Crippen molar-refractivity contribution < 1.29 is 19.0 Å². The number of carbonyl (C=O) groups excluding carboxylic acids is 1. The van der Waals surface area contributed by atoms with Gasteiger partial charge < -0.3 is 14.2 Å². The summed E-state index contributed by atoms with van der Waals surface area (Å²) in [5, 5.41) is 0.450. The molecule has 206 valence electrons. The van der Waals surface area contributed by atoms with Crippen molar-refractivity contribution in [2.24, 2.45) is 4.99 Å². The maximum Gasteiger partial charge on any atom is 0.338 e. The summed E-state index contributed by atoms with van der Waals surface area (Å²) in [7, 11) is 1.54. The van der Waals surface area contributed by atoms with Gasteiger partial charge in [0.25, 0.3) is 5.56 Å². The van der Waals surface area contributed by atoms with Crippen LogP contribution in [0.1, 0.15) is 50.8 Å². The number of hydrogen-bond acceptors (Lipinski definition) is 7. The van der Waals surface area contributed by atoms with Gasteiger partial charge in [0, 0.05) is 20.6 Å². The molecule has 1 atom stereocenters. The van der Waals surface area contributed by atoms with Gasteiger partial charge in [-0.05, 0) is 72.6 Å². The van der Waals surface area contributed by atoms with Crippen LogP contribution in [-0.2, 0) is 9.53 Å². The van der Waals surface area contributed by atoms with E-state index in [1.807, 2.05) is 26.0 Å². The molecule has 0 spiro atoms. The Labute approximate surface area is 252 Å². The molecule has 4 rings (SSSR count).